The minimum absolute atomic E-state index is 0.125. The molecule has 0 spiro atoms. The molecule has 34 heavy (non-hydrogen) atoms. The molecular formula is C26H21ClN4O3. The zero-order chi connectivity index (χ0) is 23.2. The number of halogens is 1. The summed E-state index contributed by atoms with van der Waals surface area (Å²) in [4.78, 5) is 18.0. The first-order chi connectivity index (χ1) is 16.6. The number of pyridine rings is 1. The van der Waals surface area contributed by atoms with Crippen LogP contribution in [0.25, 0.3) is 27.7 Å². The Morgan fingerprint density at radius 3 is 2.74 bits per heavy atom. The highest BCUT2D eigenvalue weighted by molar-refractivity contribution is 6.30. The number of aromatic nitrogens is 4. The number of nitrogens with zero attached hydrogens (tertiary/aromatic N) is 4. The maximum absolute atomic E-state index is 13.3. The molecule has 7 nitrogen and oxygen atoms in total. The molecule has 0 fully saturated rings. The van der Waals surface area contributed by atoms with E-state index in [1.165, 1.54) is 0 Å². The molecule has 0 unspecified atom stereocenters. The van der Waals surface area contributed by atoms with Crippen LogP contribution in [-0.2, 0) is 13.0 Å². The fourth-order valence-electron chi connectivity index (χ4n) is 4.45. The van der Waals surface area contributed by atoms with Crippen molar-refractivity contribution >= 4 is 28.2 Å². The molecule has 0 aliphatic carbocycles. The number of rotatable bonds is 4. The summed E-state index contributed by atoms with van der Waals surface area (Å²) in [5.74, 6) is 1.44. The molecule has 0 atom stereocenters. The molecule has 0 N–H and O–H groups in total. The van der Waals surface area contributed by atoms with Crippen LogP contribution in [0, 0.1) is 0 Å². The molecule has 8 heteroatoms. The molecule has 1 aliphatic heterocycles. The Balaban J connectivity index is 1.45. The van der Waals surface area contributed by atoms with E-state index in [1.54, 1.807) is 21.5 Å². The van der Waals surface area contributed by atoms with E-state index in [9.17, 15) is 4.79 Å². The normalized spacial score (nSPS) is 13.0. The number of aryl methyl sites for hydroxylation is 1. The molecule has 0 radical (unpaired) electrons. The van der Waals surface area contributed by atoms with Gasteiger partial charge in [-0.2, -0.15) is 5.10 Å². The van der Waals surface area contributed by atoms with Crippen molar-refractivity contribution in [2.24, 2.45) is 0 Å². The lowest BCUT2D eigenvalue weighted by atomic mass is 10.0. The SMILES string of the molecule is CCc1nn2c(ncc3c(=O)n(Cc4ccc5c(c4)OCCO5)ccc32)c1-c1cccc(Cl)c1. The molecule has 0 saturated carbocycles. The van der Waals surface area contributed by atoms with Gasteiger partial charge >= 0.3 is 0 Å². The minimum Gasteiger partial charge on any atom is -0.486 e. The third kappa shape index (κ3) is 3.40. The standard InChI is InChI=1S/C26H21ClN4O3/c1-2-20-24(17-4-3-5-18(27)13-17)25-28-14-19-21(31(25)29-20)8-9-30(26(19)32)15-16-6-7-22-23(12-16)34-11-10-33-22/h3-9,12-14H,2,10-11,15H2,1H3. The highest BCUT2D eigenvalue weighted by atomic mass is 35.5. The number of fused-ring (bicyclic) bond motifs is 4. The van der Waals surface area contributed by atoms with Gasteiger partial charge in [0.15, 0.2) is 17.1 Å². The van der Waals surface area contributed by atoms with Gasteiger partial charge in [-0.25, -0.2) is 9.50 Å². The highest BCUT2D eigenvalue weighted by Crippen LogP contribution is 2.32. The van der Waals surface area contributed by atoms with E-state index in [1.807, 2.05) is 48.5 Å². The average Bonchev–Trinajstić information content (AvgIpc) is 3.25. The smallest absolute Gasteiger partial charge is 0.261 e. The predicted molar refractivity (Wildman–Crippen MR) is 131 cm³/mol. The summed E-state index contributed by atoms with van der Waals surface area (Å²) in [6.07, 6.45) is 4.17. The molecule has 3 aromatic heterocycles. The van der Waals surface area contributed by atoms with E-state index in [-0.39, 0.29) is 5.56 Å². The molecule has 0 bridgehead atoms. The predicted octanol–water partition coefficient (Wildman–Crippen LogP) is 4.75. The summed E-state index contributed by atoms with van der Waals surface area (Å²) in [6, 6.07) is 15.3. The lowest BCUT2D eigenvalue weighted by Crippen LogP contribution is -2.21. The van der Waals surface area contributed by atoms with Crippen LogP contribution in [0.2, 0.25) is 5.02 Å². The van der Waals surface area contributed by atoms with Gasteiger partial charge in [0.2, 0.25) is 0 Å². The van der Waals surface area contributed by atoms with Crippen LogP contribution in [0.3, 0.4) is 0 Å². The van der Waals surface area contributed by atoms with Crippen molar-refractivity contribution in [2.45, 2.75) is 19.9 Å². The molecule has 0 saturated heterocycles. The Hall–Kier alpha value is -3.84. The summed E-state index contributed by atoms with van der Waals surface area (Å²) in [5, 5.41) is 5.96. The first-order valence-corrected chi connectivity index (χ1v) is 11.5. The van der Waals surface area contributed by atoms with Crippen molar-refractivity contribution in [2.75, 3.05) is 13.2 Å². The molecule has 6 rings (SSSR count). The maximum Gasteiger partial charge on any atom is 0.261 e. The van der Waals surface area contributed by atoms with E-state index < -0.39 is 0 Å². The van der Waals surface area contributed by atoms with Crippen molar-refractivity contribution < 1.29 is 9.47 Å². The monoisotopic (exact) mass is 472 g/mol. The quantitative estimate of drug-likeness (QED) is 0.377. The van der Waals surface area contributed by atoms with Crippen molar-refractivity contribution in [3.63, 3.8) is 0 Å². The molecule has 4 heterocycles. The second-order valence-electron chi connectivity index (χ2n) is 8.20. The number of hydrogen-bond acceptors (Lipinski definition) is 5. The van der Waals surface area contributed by atoms with E-state index in [4.69, 9.17) is 26.2 Å². The number of hydrogen-bond donors (Lipinski definition) is 0. The van der Waals surface area contributed by atoms with Gasteiger partial charge < -0.3 is 14.0 Å². The molecule has 170 valence electrons. The van der Waals surface area contributed by atoms with Gasteiger partial charge in [-0.3, -0.25) is 4.79 Å². The van der Waals surface area contributed by atoms with Crippen molar-refractivity contribution in [3.05, 3.63) is 87.6 Å². The van der Waals surface area contributed by atoms with Crippen molar-refractivity contribution in [1.82, 2.24) is 19.2 Å². The number of ether oxygens (including phenoxy) is 2. The van der Waals surface area contributed by atoms with E-state index in [2.05, 4.69) is 11.9 Å². The van der Waals surface area contributed by atoms with Crippen molar-refractivity contribution in [3.8, 4) is 22.6 Å². The Bertz CT molecular complexity index is 1620. The molecule has 0 amide bonds. The van der Waals surface area contributed by atoms with Crippen LogP contribution in [0.4, 0.5) is 0 Å². The van der Waals surface area contributed by atoms with Crippen LogP contribution < -0.4 is 15.0 Å². The lowest BCUT2D eigenvalue weighted by Gasteiger charge is -2.19. The summed E-state index contributed by atoms with van der Waals surface area (Å²) in [6.45, 7) is 3.54. The molecule has 1 aliphatic rings. The van der Waals surface area contributed by atoms with Crippen LogP contribution in [-0.4, -0.2) is 32.4 Å². The summed E-state index contributed by atoms with van der Waals surface area (Å²) in [7, 11) is 0. The molecule has 2 aromatic carbocycles. The van der Waals surface area contributed by atoms with E-state index >= 15 is 0 Å². The first kappa shape index (κ1) is 20.7. The van der Waals surface area contributed by atoms with Crippen LogP contribution in [0.1, 0.15) is 18.2 Å². The molecular weight excluding hydrogens is 452 g/mol. The first-order valence-electron chi connectivity index (χ1n) is 11.2. The van der Waals surface area contributed by atoms with Gasteiger partial charge in [0.25, 0.3) is 5.56 Å². The molecule has 5 aromatic rings. The zero-order valence-electron chi connectivity index (χ0n) is 18.5. The fraction of sp³-hybridized carbons (Fsp3) is 0.192. The Morgan fingerprint density at radius 2 is 1.91 bits per heavy atom. The third-order valence-corrected chi connectivity index (χ3v) is 6.30. The van der Waals surface area contributed by atoms with Gasteiger partial charge in [-0.05, 0) is 47.9 Å². The minimum atomic E-state index is -0.125. The zero-order valence-corrected chi connectivity index (χ0v) is 19.2. The summed E-state index contributed by atoms with van der Waals surface area (Å²) >= 11 is 6.24. The third-order valence-electron chi connectivity index (χ3n) is 6.06. The topological polar surface area (TPSA) is 70.7 Å². The van der Waals surface area contributed by atoms with Crippen molar-refractivity contribution in [1.29, 1.82) is 0 Å². The average molecular weight is 473 g/mol. The van der Waals surface area contributed by atoms with Gasteiger partial charge in [0, 0.05) is 23.0 Å². The number of benzene rings is 2. The Kier molecular flexibility index (Phi) is 4.99. The highest BCUT2D eigenvalue weighted by Gasteiger charge is 2.18. The second kappa shape index (κ2) is 8.18. The lowest BCUT2D eigenvalue weighted by molar-refractivity contribution is 0.171. The van der Waals surface area contributed by atoms with Gasteiger partial charge in [-0.1, -0.05) is 36.7 Å². The maximum atomic E-state index is 13.3. The van der Waals surface area contributed by atoms with Crippen LogP contribution in [0.15, 0.2) is 65.7 Å². The fourth-order valence-corrected chi connectivity index (χ4v) is 4.64. The Morgan fingerprint density at radius 1 is 1.06 bits per heavy atom. The second-order valence-corrected chi connectivity index (χ2v) is 8.64. The van der Waals surface area contributed by atoms with Gasteiger partial charge in [0.1, 0.15) is 13.2 Å². The Labute approximate surface area is 200 Å². The summed E-state index contributed by atoms with van der Waals surface area (Å²) in [5.41, 5.74) is 5.05. The van der Waals surface area contributed by atoms with E-state index in [0.29, 0.717) is 41.6 Å². The van der Waals surface area contributed by atoms with Crippen LogP contribution in [0.5, 0.6) is 11.5 Å². The van der Waals surface area contributed by atoms with E-state index in [0.717, 1.165) is 40.1 Å². The summed E-state index contributed by atoms with van der Waals surface area (Å²) < 4.78 is 14.7. The van der Waals surface area contributed by atoms with Crippen LogP contribution >= 0.6 is 11.6 Å². The largest absolute Gasteiger partial charge is 0.486 e. The van der Waals surface area contributed by atoms with Gasteiger partial charge in [-0.15, -0.1) is 0 Å². The van der Waals surface area contributed by atoms with Gasteiger partial charge in [0.05, 0.1) is 23.1 Å².